The first-order valence-corrected chi connectivity index (χ1v) is 9.22. The molecule has 2 fully saturated rings. The average Bonchev–Trinajstić information content (AvgIpc) is 3.36. The maximum absolute atomic E-state index is 9.69. The van der Waals surface area contributed by atoms with Crippen LogP contribution in [0.3, 0.4) is 0 Å². The topological polar surface area (TPSA) is 60.5 Å². The second-order valence-electron chi connectivity index (χ2n) is 7.61. The van der Waals surface area contributed by atoms with Crippen LogP contribution in [0.5, 0.6) is 0 Å². The van der Waals surface area contributed by atoms with E-state index in [1.54, 1.807) is 14.2 Å². The molecule has 6 atom stereocenters. The van der Waals surface area contributed by atoms with Gasteiger partial charge in [-0.1, -0.05) is 34.6 Å². The minimum absolute atomic E-state index is 0.248. The van der Waals surface area contributed by atoms with Gasteiger partial charge in [0.05, 0.1) is 32.5 Å². The van der Waals surface area contributed by atoms with Crippen molar-refractivity contribution in [3.63, 3.8) is 0 Å². The zero-order valence-electron chi connectivity index (χ0n) is 16.5. The SMILES string of the molecule is COCC(O)COC1C(C)C(C)C(C)C(C)C1C.COCC1CO1. The molecule has 1 heterocycles. The standard InChI is InChI=1S/C15H30O3.C4H8O2/c1-9-10(2)12(4)15(13(5)11(9)3)18-8-14(16)7-17-6;1-5-2-4-3-6-4/h9-16H,7-8H2,1-6H3;4H,2-3H2,1H3. The van der Waals surface area contributed by atoms with E-state index in [2.05, 4.69) is 34.6 Å². The fourth-order valence-electron chi connectivity index (χ4n) is 3.63. The van der Waals surface area contributed by atoms with Crippen molar-refractivity contribution in [2.24, 2.45) is 29.6 Å². The van der Waals surface area contributed by atoms with E-state index >= 15 is 0 Å². The second kappa shape index (κ2) is 10.7. The van der Waals surface area contributed by atoms with Gasteiger partial charge in [0.2, 0.25) is 0 Å². The van der Waals surface area contributed by atoms with Crippen molar-refractivity contribution in [2.45, 2.75) is 52.9 Å². The van der Waals surface area contributed by atoms with Gasteiger partial charge in [0, 0.05) is 14.2 Å². The van der Waals surface area contributed by atoms with Crippen LogP contribution in [0.4, 0.5) is 0 Å². The van der Waals surface area contributed by atoms with Crippen LogP contribution in [-0.4, -0.2) is 64.1 Å². The summed E-state index contributed by atoms with van der Waals surface area (Å²) in [6.45, 7) is 13.9. The molecule has 0 aromatic heterocycles. The van der Waals surface area contributed by atoms with Crippen molar-refractivity contribution >= 4 is 0 Å². The van der Waals surface area contributed by atoms with Gasteiger partial charge in [-0.15, -0.1) is 0 Å². The van der Waals surface area contributed by atoms with E-state index in [9.17, 15) is 5.11 Å². The molecule has 24 heavy (non-hydrogen) atoms. The van der Waals surface area contributed by atoms with Crippen LogP contribution in [0.2, 0.25) is 0 Å². The Balaban J connectivity index is 0.000000400. The van der Waals surface area contributed by atoms with Gasteiger partial charge < -0.3 is 24.1 Å². The van der Waals surface area contributed by atoms with E-state index in [0.29, 0.717) is 43.0 Å². The highest BCUT2D eigenvalue weighted by atomic mass is 16.6. The van der Waals surface area contributed by atoms with Gasteiger partial charge in [-0.2, -0.15) is 0 Å². The number of aliphatic hydroxyl groups excluding tert-OH is 1. The molecule has 2 rings (SSSR count). The summed E-state index contributed by atoms with van der Waals surface area (Å²) in [5.41, 5.74) is 0. The molecule has 0 bridgehead atoms. The fourth-order valence-corrected chi connectivity index (χ4v) is 3.63. The molecule has 144 valence electrons. The number of hydrogen-bond acceptors (Lipinski definition) is 5. The molecule has 5 heteroatoms. The molecule has 1 aliphatic heterocycles. The molecule has 1 N–H and O–H groups in total. The molecule has 1 saturated carbocycles. The maximum atomic E-state index is 9.69. The average molecular weight is 347 g/mol. The third-order valence-corrected chi connectivity index (χ3v) is 5.95. The lowest BCUT2D eigenvalue weighted by molar-refractivity contribution is -0.119. The lowest BCUT2D eigenvalue weighted by atomic mass is 9.63. The molecular weight excluding hydrogens is 308 g/mol. The molecule has 5 nitrogen and oxygen atoms in total. The largest absolute Gasteiger partial charge is 0.388 e. The zero-order chi connectivity index (χ0) is 18.3. The van der Waals surface area contributed by atoms with Crippen molar-refractivity contribution in [3.8, 4) is 0 Å². The van der Waals surface area contributed by atoms with Gasteiger partial charge in [-0.05, 0) is 29.6 Å². The van der Waals surface area contributed by atoms with Crippen LogP contribution >= 0.6 is 0 Å². The molecule has 0 radical (unpaired) electrons. The zero-order valence-corrected chi connectivity index (χ0v) is 16.5. The van der Waals surface area contributed by atoms with Crippen molar-refractivity contribution < 1.29 is 24.1 Å². The monoisotopic (exact) mass is 346 g/mol. The Morgan fingerprint density at radius 3 is 1.75 bits per heavy atom. The van der Waals surface area contributed by atoms with Crippen molar-refractivity contribution in [2.75, 3.05) is 40.6 Å². The predicted molar refractivity (Wildman–Crippen MR) is 95.1 cm³/mol. The highest BCUT2D eigenvalue weighted by Gasteiger charge is 2.41. The summed E-state index contributed by atoms with van der Waals surface area (Å²) in [7, 11) is 3.28. The smallest absolute Gasteiger partial charge is 0.104 e. The van der Waals surface area contributed by atoms with Crippen molar-refractivity contribution in [1.29, 1.82) is 0 Å². The minimum Gasteiger partial charge on any atom is -0.388 e. The quantitative estimate of drug-likeness (QED) is 0.718. The molecule has 2 aliphatic rings. The second-order valence-corrected chi connectivity index (χ2v) is 7.61. The number of hydrogen-bond donors (Lipinski definition) is 1. The normalized spacial score (nSPS) is 39.8. The summed E-state index contributed by atoms with van der Waals surface area (Å²) in [5.74, 6) is 3.15. The summed E-state index contributed by atoms with van der Waals surface area (Å²) in [6.07, 6.45) is 0.159. The summed E-state index contributed by atoms with van der Waals surface area (Å²) < 4.78 is 20.5. The Kier molecular flexibility index (Phi) is 9.75. The molecule has 1 saturated heterocycles. The summed E-state index contributed by atoms with van der Waals surface area (Å²) >= 11 is 0. The van der Waals surface area contributed by atoms with Crippen LogP contribution in [-0.2, 0) is 18.9 Å². The van der Waals surface area contributed by atoms with Crippen LogP contribution in [0.1, 0.15) is 34.6 Å². The maximum Gasteiger partial charge on any atom is 0.104 e. The minimum atomic E-state index is -0.514. The van der Waals surface area contributed by atoms with Crippen molar-refractivity contribution in [3.05, 3.63) is 0 Å². The van der Waals surface area contributed by atoms with Crippen LogP contribution in [0.25, 0.3) is 0 Å². The van der Waals surface area contributed by atoms with Gasteiger partial charge in [0.25, 0.3) is 0 Å². The van der Waals surface area contributed by atoms with E-state index in [1.165, 1.54) is 0 Å². The van der Waals surface area contributed by atoms with Gasteiger partial charge in [-0.25, -0.2) is 0 Å². The molecular formula is C19H38O5. The molecule has 0 aromatic rings. The number of methoxy groups -OCH3 is 2. The first-order chi connectivity index (χ1) is 11.3. The van der Waals surface area contributed by atoms with E-state index in [0.717, 1.165) is 19.1 Å². The Labute approximate surface area is 148 Å². The Morgan fingerprint density at radius 2 is 1.38 bits per heavy atom. The number of aliphatic hydroxyl groups is 1. The number of rotatable bonds is 7. The summed E-state index contributed by atoms with van der Waals surface area (Å²) in [4.78, 5) is 0. The Hall–Kier alpha value is -0.200. The van der Waals surface area contributed by atoms with Crippen LogP contribution < -0.4 is 0 Å². The third kappa shape index (κ3) is 6.60. The van der Waals surface area contributed by atoms with Gasteiger partial charge in [0.1, 0.15) is 12.2 Å². The predicted octanol–water partition coefficient (Wildman–Crippen LogP) is 2.60. The third-order valence-electron chi connectivity index (χ3n) is 5.95. The first-order valence-electron chi connectivity index (χ1n) is 9.22. The Morgan fingerprint density at radius 1 is 0.875 bits per heavy atom. The molecule has 0 aromatic carbocycles. The lowest BCUT2D eigenvalue weighted by Gasteiger charge is -2.47. The van der Waals surface area contributed by atoms with Crippen LogP contribution in [0, 0.1) is 29.6 Å². The van der Waals surface area contributed by atoms with E-state index in [4.69, 9.17) is 18.9 Å². The molecule has 0 spiro atoms. The van der Waals surface area contributed by atoms with E-state index in [-0.39, 0.29) is 6.10 Å². The van der Waals surface area contributed by atoms with Crippen molar-refractivity contribution in [1.82, 2.24) is 0 Å². The molecule has 6 unspecified atom stereocenters. The van der Waals surface area contributed by atoms with Crippen LogP contribution in [0.15, 0.2) is 0 Å². The number of epoxide rings is 1. The molecule has 1 aliphatic carbocycles. The fraction of sp³-hybridized carbons (Fsp3) is 1.00. The molecule has 0 amide bonds. The number of ether oxygens (including phenoxy) is 4. The summed E-state index contributed by atoms with van der Waals surface area (Å²) in [6, 6.07) is 0. The Bertz CT molecular complexity index is 318. The first kappa shape index (κ1) is 21.8. The van der Waals surface area contributed by atoms with Gasteiger partial charge in [-0.3, -0.25) is 0 Å². The highest BCUT2D eigenvalue weighted by Crippen LogP contribution is 2.43. The van der Waals surface area contributed by atoms with E-state index < -0.39 is 6.10 Å². The van der Waals surface area contributed by atoms with E-state index in [1.807, 2.05) is 0 Å². The van der Waals surface area contributed by atoms with Gasteiger partial charge >= 0.3 is 0 Å². The van der Waals surface area contributed by atoms with Gasteiger partial charge in [0.15, 0.2) is 0 Å². The highest BCUT2D eigenvalue weighted by molar-refractivity contribution is 4.90. The summed E-state index contributed by atoms with van der Waals surface area (Å²) in [5, 5.41) is 9.69. The lowest BCUT2D eigenvalue weighted by Crippen LogP contribution is -2.47.